The van der Waals surface area contributed by atoms with Crippen molar-refractivity contribution in [1.29, 1.82) is 0 Å². The predicted molar refractivity (Wildman–Crippen MR) is 83.1 cm³/mol. The molecule has 2 aromatic rings. The average molecular weight is 316 g/mol. The number of carbonyl (C=O) groups is 1. The number of hydrogen-bond acceptors (Lipinski definition) is 6. The Kier molecular flexibility index (Phi) is 5.33. The maximum atomic E-state index is 12.0. The van der Waals surface area contributed by atoms with Gasteiger partial charge in [0.25, 0.3) is 0 Å². The van der Waals surface area contributed by atoms with Crippen molar-refractivity contribution in [2.75, 3.05) is 39.4 Å². The van der Waals surface area contributed by atoms with E-state index in [1.54, 1.807) is 0 Å². The molecule has 1 aromatic carbocycles. The zero-order chi connectivity index (χ0) is 15.9. The third-order valence-corrected chi connectivity index (χ3v) is 3.68. The Labute approximate surface area is 134 Å². The summed E-state index contributed by atoms with van der Waals surface area (Å²) in [5.74, 6) is 0.123. The predicted octanol–water partition coefficient (Wildman–Crippen LogP) is 0.722. The Hall–Kier alpha value is -2.25. The number of aromatic nitrogens is 2. The number of ether oxygens (including phenoxy) is 1. The normalized spacial score (nSPS) is 15.5. The first-order chi connectivity index (χ1) is 11.3. The van der Waals surface area contributed by atoms with Crippen LogP contribution in [0.3, 0.4) is 0 Å². The second-order valence-corrected chi connectivity index (χ2v) is 5.37. The molecule has 0 unspecified atom stereocenters. The lowest BCUT2D eigenvalue weighted by Gasteiger charge is -2.26. The number of carbonyl (C=O) groups excluding carboxylic acids is 1. The number of morpholine rings is 1. The number of nitrogens with one attached hydrogen (secondary N) is 1. The first kappa shape index (κ1) is 15.6. The van der Waals surface area contributed by atoms with Crippen molar-refractivity contribution in [3.63, 3.8) is 0 Å². The molecule has 0 aliphatic carbocycles. The van der Waals surface area contributed by atoms with Gasteiger partial charge in [0, 0.05) is 26.2 Å². The quantitative estimate of drug-likeness (QED) is 0.846. The van der Waals surface area contributed by atoms with E-state index in [4.69, 9.17) is 9.15 Å². The van der Waals surface area contributed by atoms with Gasteiger partial charge in [0.15, 0.2) is 0 Å². The number of hydrogen-bond donors (Lipinski definition) is 1. The van der Waals surface area contributed by atoms with E-state index in [0.29, 0.717) is 18.9 Å². The summed E-state index contributed by atoms with van der Waals surface area (Å²) < 4.78 is 10.7. The summed E-state index contributed by atoms with van der Waals surface area (Å²) in [5, 5.41) is 10.5. The standard InChI is InChI=1S/C16H20N4O3/c21-15(17-6-7-20-8-10-22-11-9-20)16-19-18-14(23-16)12-13-4-2-1-3-5-13/h1-5H,6-12H2,(H,17,21). The van der Waals surface area contributed by atoms with Crippen LogP contribution in [0.4, 0.5) is 0 Å². The van der Waals surface area contributed by atoms with Gasteiger partial charge in [0.1, 0.15) is 0 Å². The van der Waals surface area contributed by atoms with Crippen molar-refractivity contribution < 1.29 is 13.9 Å². The van der Waals surface area contributed by atoms with E-state index in [-0.39, 0.29) is 11.8 Å². The summed E-state index contributed by atoms with van der Waals surface area (Å²) in [6.07, 6.45) is 0.523. The molecule has 1 fully saturated rings. The first-order valence-corrected chi connectivity index (χ1v) is 7.76. The van der Waals surface area contributed by atoms with E-state index in [9.17, 15) is 4.79 Å². The van der Waals surface area contributed by atoms with E-state index in [2.05, 4.69) is 20.4 Å². The molecule has 3 rings (SSSR count). The summed E-state index contributed by atoms with van der Waals surface area (Å²) in [7, 11) is 0. The van der Waals surface area contributed by atoms with Crippen LogP contribution in [-0.2, 0) is 11.2 Å². The molecule has 1 aliphatic rings. The minimum absolute atomic E-state index is 0.0120. The summed E-state index contributed by atoms with van der Waals surface area (Å²) in [6.45, 7) is 4.64. The molecule has 0 atom stereocenters. The monoisotopic (exact) mass is 316 g/mol. The van der Waals surface area contributed by atoms with Gasteiger partial charge in [-0.05, 0) is 5.56 Å². The summed E-state index contributed by atoms with van der Waals surface area (Å²) in [6, 6.07) is 9.80. The van der Waals surface area contributed by atoms with Gasteiger partial charge in [0.05, 0.1) is 19.6 Å². The van der Waals surface area contributed by atoms with Crippen molar-refractivity contribution in [2.45, 2.75) is 6.42 Å². The lowest BCUT2D eigenvalue weighted by Crippen LogP contribution is -2.41. The van der Waals surface area contributed by atoms with Crippen molar-refractivity contribution in [2.24, 2.45) is 0 Å². The highest BCUT2D eigenvalue weighted by molar-refractivity contribution is 5.89. The minimum Gasteiger partial charge on any atom is -0.417 e. The Bertz CT molecular complexity index is 623. The van der Waals surface area contributed by atoms with E-state index in [1.807, 2.05) is 30.3 Å². The molecule has 7 nitrogen and oxygen atoms in total. The van der Waals surface area contributed by atoms with Crippen LogP contribution in [0.1, 0.15) is 22.1 Å². The lowest BCUT2D eigenvalue weighted by atomic mass is 10.2. The fourth-order valence-electron chi connectivity index (χ4n) is 2.42. The van der Waals surface area contributed by atoms with Gasteiger partial charge in [0.2, 0.25) is 5.89 Å². The van der Waals surface area contributed by atoms with E-state index in [0.717, 1.165) is 38.4 Å². The van der Waals surface area contributed by atoms with Crippen LogP contribution in [0.15, 0.2) is 34.7 Å². The van der Waals surface area contributed by atoms with Crippen LogP contribution in [0, 0.1) is 0 Å². The van der Waals surface area contributed by atoms with Crippen LogP contribution in [0.5, 0.6) is 0 Å². The molecule has 0 bridgehead atoms. The molecule has 1 aromatic heterocycles. The Morgan fingerprint density at radius 2 is 1.96 bits per heavy atom. The first-order valence-electron chi connectivity index (χ1n) is 7.76. The topological polar surface area (TPSA) is 80.5 Å². The average Bonchev–Trinajstić information content (AvgIpc) is 3.05. The zero-order valence-corrected chi connectivity index (χ0v) is 12.9. The van der Waals surface area contributed by atoms with E-state index in [1.165, 1.54) is 0 Å². The molecular formula is C16H20N4O3. The third-order valence-electron chi connectivity index (χ3n) is 3.68. The van der Waals surface area contributed by atoms with Crippen molar-refractivity contribution in [3.8, 4) is 0 Å². The fraction of sp³-hybridized carbons (Fsp3) is 0.438. The van der Waals surface area contributed by atoms with Gasteiger partial charge in [-0.3, -0.25) is 9.69 Å². The maximum Gasteiger partial charge on any atom is 0.308 e. The second-order valence-electron chi connectivity index (χ2n) is 5.37. The zero-order valence-electron chi connectivity index (χ0n) is 12.9. The SMILES string of the molecule is O=C(NCCN1CCOCC1)c1nnc(Cc2ccccc2)o1. The molecule has 23 heavy (non-hydrogen) atoms. The van der Waals surface area contributed by atoms with Gasteiger partial charge in [-0.1, -0.05) is 30.3 Å². The molecule has 122 valence electrons. The van der Waals surface area contributed by atoms with Crippen molar-refractivity contribution in [3.05, 3.63) is 47.7 Å². The highest BCUT2D eigenvalue weighted by Gasteiger charge is 2.16. The van der Waals surface area contributed by atoms with Crippen molar-refractivity contribution >= 4 is 5.91 Å². The maximum absolute atomic E-state index is 12.0. The molecule has 1 amide bonds. The van der Waals surface area contributed by atoms with Gasteiger partial charge < -0.3 is 14.5 Å². The van der Waals surface area contributed by atoms with Gasteiger partial charge in [-0.2, -0.15) is 0 Å². The summed E-state index contributed by atoms with van der Waals surface area (Å²) >= 11 is 0. The highest BCUT2D eigenvalue weighted by Crippen LogP contribution is 2.08. The van der Waals surface area contributed by atoms with Crippen LogP contribution < -0.4 is 5.32 Å². The van der Waals surface area contributed by atoms with Gasteiger partial charge >= 0.3 is 11.8 Å². The number of amides is 1. The largest absolute Gasteiger partial charge is 0.417 e. The second kappa shape index (κ2) is 7.85. The Balaban J connectivity index is 1.46. The lowest BCUT2D eigenvalue weighted by molar-refractivity contribution is 0.0382. The Morgan fingerprint density at radius 1 is 1.17 bits per heavy atom. The van der Waals surface area contributed by atoms with Gasteiger partial charge in [-0.15, -0.1) is 10.2 Å². The van der Waals surface area contributed by atoms with E-state index < -0.39 is 0 Å². The van der Waals surface area contributed by atoms with E-state index >= 15 is 0 Å². The molecule has 7 heteroatoms. The molecule has 1 aliphatic heterocycles. The number of rotatable bonds is 6. The minimum atomic E-state index is -0.329. The van der Waals surface area contributed by atoms with Gasteiger partial charge in [-0.25, -0.2) is 0 Å². The fourth-order valence-corrected chi connectivity index (χ4v) is 2.42. The third kappa shape index (κ3) is 4.61. The van der Waals surface area contributed by atoms with Crippen LogP contribution >= 0.6 is 0 Å². The highest BCUT2D eigenvalue weighted by atomic mass is 16.5. The molecular weight excluding hydrogens is 296 g/mol. The van der Waals surface area contributed by atoms with Crippen LogP contribution in [-0.4, -0.2) is 60.4 Å². The van der Waals surface area contributed by atoms with Crippen LogP contribution in [0.25, 0.3) is 0 Å². The molecule has 0 spiro atoms. The Morgan fingerprint density at radius 3 is 2.74 bits per heavy atom. The van der Waals surface area contributed by atoms with Crippen molar-refractivity contribution in [1.82, 2.24) is 20.4 Å². The molecule has 0 radical (unpaired) electrons. The van der Waals surface area contributed by atoms with Crippen LogP contribution in [0.2, 0.25) is 0 Å². The molecule has 0 saturated carbocycles. The smallest absolute Gasteiger partial charge is 0.308 e. The number of benzene rings is 1. The molecule has 1 N–H and O–H groups in total. The summed E-state index contributed by atoms with van der Waals surface area (Å²) in [4.78, 5) is 14.2. The summed E-state index contributed by atoms with van der Waals surface area (Å²) in [5.41, 5.74) is 1.07. The number of nitrogens with zero attached hydrogens (tertiary/aromatic N) is 3. The molecule has 2 heterocycles. The molecule has 1 saturated heterocycles.